The Kier molecular flexibility index (Phi) is 5.44. The Labute approximate surface area is 141 Å². The molecule has 1 N–H and O–H groups in total. The molecule has 0 aliphatic carbocycles. The predicted molar refractivity (Wildman–Crippen MR) is 92.7 cm³/mol. The third-order valence-electron chi connectivity index (χ3n) is 3.33. The Morgan fingerprint density at radius 2 is 1.78 bits per heavy atom. The maximum Gasteiger partial charge on any atom is 0.239 e. The van der Waals surface area contributed by atoms with E-state index in [-0.39, 0.29) is 4.90 Å². The van der Waals surface area contributed by atoms with Crippen molar-refractivity contribution >= 4 is 33.0 Å². The van der Waals surface area contributed by atoms with Crippen molar-refractivity contribution in [3.8, 4) is 0 Å². The van der Waals surface area contributed by atoms with Gasteiger partial charge >= 0.3 is 0 Å². The lowest BCUT2D eigenvalue weighted by Crippen LogP contribution is -2.23. The highest BCUT2D eigenvalue weighted by atomic mass is 35.5. The first-order chi connectivity index (χ1) is 10.8. The van der Waals surface area contributed by atoms with Gasteiger partial charge in [0.15, 0.2) is 9.84 Å². The Bertz CT molecular complexity index is 799. The molecule has 6 heteroatoms. The first kappa shape index (κ1) is 17.5. The number of hydrogen-bond acceptors (Lipinski definition) is 3. The summed E-state index contributed by atoms with van der Waals surface area (Å²) in [5.41, 5.74) is 1.66. The van der Waals surface area contributed by atoms with Crippen LogP contribution in [0.4, 0.5) is 5.69 Å². The third-order valence-corrected chi connectivity index (χ3v) is 5.22. The van der Waals surface area contributed by atoms with Crippen LogP contribution >= 0.6 is 11.6 Å². The minimum Gasteiger partial charge on any atom is -0.325 e. The molecule has 0 bridgehead atoms. The van der Waals surface area contributed by atoms with Crippen LogP contribution in [0.15, 0.2) is 53.4 Å². The Morgan fingerprint density at radius 1 is 1.13 bits per heavy atom. The van der Waals surface area contributed by atoms with E-state index in [9.17, 15) is 13.2 Å². The van der Waals surface area contributed by atoms with Crippen molar-refractivity contribution in [2.45, 2.75) is 24.7 Å². The van der Waals surface area contributed by atoms with Crippen molar-refractivity contribution in [2.75, 3.05) is 11.1 Å². The fourth-order valence-corrected chi connectivity index (χ4v) is 3.33. The molecule has 0 aliphatic rings. The van der Waals surface area contributed by atoms with E-state index in [4.69, 9.17) is 11.6 Å². The fourth-order valence-electron chi connectivity index (χ4n) is 2.07. The van der Waals surface area contributed by atoms with Crippen molar-refractivity contribution in [3.63, 3.8) is 0 Å². The van der Waals surface area contributed by atoms with Gasteiger partial charge in [-0.2, -0.15) is 0 Å². The lowest BCUT2D eigenvalue weighted by atomic mass is 10.0. The van der Waals surface area contributed by atoms with E-state index in [1.54, 1.807) is 6.07 Å². The molecule has 0 unspecified atom stereocenters. The van der Waals surface area contributed by atoms with Crippen molar-refractivity contribution in [3.05, 3.63) is 59.1 Å². The number of carbonyl (C=O) groups excluding carboxylic acids is 1. The van der Waals surface area contributed by atoms with Crippen molar-refractivity contribution < 1.29 is 13.2 Å². The van der Waals surface area contributed by atoms with Crippen LogP contribution in [0.25, 0.3) is 0 Å². The van der Waals surface area contributed by atoms with Crippen LogP contribution in [0.5, 0.6) is 0 Å². The summed E-state index contributed by atoms with van der Waals surface area (Å²) < 4.78 is 24.4. The molecule has 2 rings (SSSR count). The normalized spacial score (nSPS) is 11.5. The minimum atomic E-state index is -3.69. The van der Waals surface area contributed by atoms with E-state index in [1.165, 1.54) is 24.3 Å². The summed E-state index contributed by atoms with van der Waals surface area (Å²) in [7, 11) is -3.69. The third kappa shape index (κ3) is 4.81. The van der Waals surface area contributed by atoms with Crippen LogP contribution in [0.2, 0.25) is 5.02 Å². The van der Waals surface area contributed by atoms with Gasteiger partial charge in [-0.05, 0) is 47.9 Å². The van der Waals surface area contributed by atoms with Crippen LogP contribution in [0, 0.1) is 0 Å². The van der Waals surface area contributed by atoms with Gasteiger partial charge in [-0.15, -0.1) is 0 Å². The minimum absolute atomic E-state index is 0.0768. The van der Waals surface area contributed by atoms with E-state index in [1.807, 2.05) is 32.0 Å². The molecule has 2 aromatic carbocycles. The second-order valence-electron chi connectivity index (χ2n) is 5.54. The molecule has 0 aromatic heterocycles. The van der Waals surface area contributed by atoms with Crippen LogP contribution in [0.3, 0.4) is 0 Å². The van der Waals surface area contributed by atoms with Crippen molar-refractivity contribution in [2.24, 2.45) is 0 Å². The highest BCUT2D eigenvalue weighted by Gasteiger charge is 2.19. The summed E-state index contributed by atoms with van der Waals surface area (Å²) in [5.74, 6) is -0.855. The molecule has 0 heterocycles. The van der Waals surface area contributed by atoms with E-state index >= 15 is 0 Å². The molecular formula is C17H18ClNO3S. The van der Waals surface area contributed by atoms with Gasteiger partial charge in [-0.3, -0.25) is 4.79 Å². The number of hydrogen-bond donors (Lipinski definition) is 1. The van der Waals surface area contributed by atoms with Gasteiger partial charge in [-0.25, -0.2) is 8.42 Å². The second-order valence-corrected chi connectivity index (χ2v) is 7.97. The maximum atomic E-state index is 12.2. The zero-order valence-corrected chi connectivity index (χ0v) is 14.5. The fraction of sp³-hybridized carbons (Fsp3) is 0.235. The van der Waals surface area contributed by atoms with Crippen LogP contribution < -0.4 is 5.32 Å². The Balaban J connectivity index is 2.10. The molecule has 0 aliphatic heterocycles. The number of anilines is 1. The zero-order chi connectivity index (χ0) is 17.0. The number of benzene rings is 2. The molecule has 0 atom stereocenters. The summed E-state index contributed by atoms with van der Waals surface area (Å²) >= 11 is 5.74. The lowest BCUT2D eigenvalue weighted by Gasteiger charge is -2.10. The molecule has 0 spiro atoms. The molecule has 1 amide bonds. The van der Waals surface area contributed by atoms with Crippen LogP contribution in [0.1, 0.15) is 25.3 Å². The molecule has 0 saturated carbocycles. The number of halogens is 1. The molecule has 0 radical (unpaired) electrons. The zero-order valence-electron chi connectivity index (χ0n) is 12.9. The van der Waals surface area contributed by atoms with Gasteiger partial charge in [0.05, 0.1) is 4.90 Å². The van der Waals surface area contributed by atoms with E-state index < -0.39 is 21.5 Å². The van der Waals surface area contributed by atoms with Gasteiger partial charge in [0, 0.05) is 10.7 Å². The van der Waals surface area contributed by atoms with Crippen LogP contribution in [-0.4, -0.2) is 20.1 Å². The molecule has 122 valence electrons. The monoisotopic (exact) mass is 351 g/mol. The Hall–Kier alpha value is -1.85. The summed E-state index contributed by atoms with van der Waals surface area (Å²) in [6, 6.07) is 13.1. The van der Waals surface area contributed by atoms with Gasteiger partial charge < -0.3 is 5.32 Å². The number of nitrogens with one attached hydrogen (secondary N) is 1. The smallest absolute Gasteiger partial charge is 0.239 e. The average Bonchev–Trinajstić information content (AvgIpc) is 2.47. The lowest BCUT2D eigenvalue weighted by molar-refractivity contribution is -0.113. The molecule has 0 fully saturated rings. The average molecular weight is 352 g/mol. The maximum absolute atomic E-state index is 12.2. The highest BCUT2D eigenvalue weighted by Crippen LogP contribution is 2.19. The van der Waals surface area contributed by atoms with E-state index in [0.717, 1.165) is 5.56 Å². The number of rotatable bonds is 5. The van der Waals surface area contributed by atoms with Gasteiger partial charge in [-0.1, -0.05) is 37.6 Å². The summed E-state index contributed by atoms with van der Waals surface area (Å²) in [5, 5.41) is 3.07. The Morgan fingerprint density at radius 3 is 2.39 bits per heavy atom. The SMILES string of the molecule is CC(C)c1cccc(NC(=O)CS(=O)(=O)c2ccc(Cl)cc2)c1. The number of sulfone groups is 1. The first-order valence-corrected chi connectivity index (χ1v) is 9.19. The topological polar surface area (TPSA) is 63.2 Å². The summed E-state index contributed by atoms with van der Waals surface area (Å²) in [4.78, 5) is 12.1. The van der Waals surface area contributed by atoms with Crippen LogP contribution in [-0.2, 0) is 14.6 Å². The van der Waals surface area contributed by atoms with Crippen molar-refractivity contribution in [1.82, 2.24) is 0 Å². The van der Waals surface area contributed by atoms with E-state index in [0.29, 0.717) is 16.6 Å². The highest BCUT2D eigenvalue weighted by molar-refractivity contribution is 7.92. The molecule has 4 nitrogen and oxygen atoms in total. The van der Waals surface area contributed by atoms with E-state index in [2.05, 4.69) is 5.32 Å². The molecular weight excluding hydrogens is 334 g/mol. The number of carbonyl (C=O) groups is 1. The van der Waals surface area contributed by atoms with Gasteiger partial charge in [0.2, 0.25) is 5.91 Å². The van der Waals surface area contributed by atoms with Gasteiger partial charge in [0.25, 0.3) is 0 Å². The number of amides is 1. The molecule has 23 heavy (non-hydrogen) atoms. The molecule has 0 saturated heterocycles. The predicted octanol–water partition coefficient (Wildman–Crippen LogP) is 3.88. The van der Waals surface area contributed by atoms with Gasteiger partial charge in [0.1, 0.15) is 5.75 Å². The largest absolute Gasteiger partial charge is 0.325 e. The standard InChI is InChI=1S/C17H18ClNO3S/c1-12(2)13-4-3-5-15(10-13)19-17(20)11-23(21,22)16-8-6-14(18)7-9-16/h3-10,12H,11H2,1-2H3,(H,19,20). The van der Waals surface area contributed by atoms with Crippen molar-refractivity contribution in [1.29, 1.82) is 0 Å². The second kappa shape index (κ2) is 7.15. The summed E-state index contributed by atoms with van der Waals surface area (Å²) in [6.07, 6.45) is 0. The molecule has 2 aromatic rings. The first-order valence-electron chi connectivity index (χ1n) is 7.16. The quantitative estimate of drug-likeness (QED) is 0.889. The summed E-state index contributed by atoms with van der Waals surface area (Å²) in [6.45, 7) is 4.10.